The number of carbonyl (C=O) groups is 1. The van der Waals surface area contributed by atoms with Gasteiger partial charge in [-0.3, -0.25) is 15.0 Å². The molecule has 2 saturated carbocycles. The molecule has 6 rings (SSSR count). The fourth-order valence-electron chi connectivity index (χ4n) is 5.25. The first-order chi connectivity index (χ1) is 16.5. The molecule has 3 fully saturated rings. The fourth-order valence-corrected chi connectivity index (χ4v) is 5.67. The van der Waals surface area contributed by atoms with Gasteiger partial charge in [-0.1, -0.05) is 6.07 Å². The van der Waals surface area contributed by atoms with Crippen LogP contribution >= 0.6 is 11.6 Å². The smallest absolute Gasteiger partial charge is 0.234 e. The van der Waals surface area contributed by atoms with E-state index in [4.69, 9.17) is 16.6 Å². The van der Waals surface area contributed by atoms with E-state index in [-0.39, 0.29) is 35.3 Å². The average Bonchev–Trinajstić information content (AvgIpc) is 3.35. The van der Waals surface area contributed by atoms with Gasteiger partial charge in [-0.25, -0.2) is 9.97 Å². The van der Waals surface area contributed by atoms with E-state index in [9.17, 15) is 4.79 Å². The Morgan fingerprint density at radius 2 is 2.03 bits per heavy atom. The molecule has 10 heteroatoms. The maximum atomic E-state index is 13.7. The lowest BCUT2D eigenvalue weighted by Gasteiger charge is -2.45. The summed E-state index contributed by atoms with van der Waals surface area (Å²) in [6, 6.07) is 6.03. The molecule has 2 aliphatic carbocycles. The largest absolute Gasteiger partial charge is 0.333 e. The number of fused-ring (bicyclic) bond motifs is 1. The monoisotopic (exact) mass is 480 g/mol. The molecule has 1 saturated heterocycles. The second kappa shape index (κ2) is 8.46. The van der Waals surface area contributed by atoms with Crippen LogP contribution in [0.1, 0.15) is 63.2 Å². The minimum absolute atomic E-state index is 0.0433. The van der Waals surface area contributed by atoms with Gasteiger partial charge in [0.25, 0.3) is 0 Å². The highest BCUT2D eigenvalue weighted by Crippen LogP contribution is 2.42. The summed E-state index contributed by atoms with van der Waals surface area (Å²) in [6.07, 6.45) is 9.60. The summed E-state index contributed by atoms with van der Waals surface area (Å²) in [7, 11) is 0. The zero-order valence-corrected chi connectivity index (χ0v) is 20.1. The zero-order chi connectivity index (χ0) is 23.4. The summed E-state index contributed by atoms with van der Waals surface area (Å²) in [5.74, 6) is 1.84. The Morgan fingerprint density at radius 3 is 2.82 bits per heavy atom. The fraction of sp³-hybridized carbons (Fsp3) is 0.542. The topological polar surface area (TPSA) is 93.8 Å². The van der Waals surface area contributed by atoms with Crippen LogP contribution in [0.15, 0.2) is 37.1 Å². The summed E-state index contributed by atoms with van der Waals surface area (Å²) in [4.78, 5) is 24.8. The minimum atomic E-state index is -0.162. The lowest BCUT2D eigenvalue weighted by Crippen LogP contribution is -2.60. The van der Waals surface area contributed by atoms with Crippen LogP contribution in [-0.2, 0) is 4.79 Å². The van der Waals surface area contributed by atoms with Crippen molar-refractivity contribution in [1.82, 2.24) is 34.6 Å². The third-order valence-electron chi connectivity index (χ3n) is 7.34. The van der Waals surface area contributed by atoms with E-state index in [1.807, 2.05) is 29.1 Å². The molecule has 34 heavy (non-hydrogen) atoms. The molecular formula is C24H29ClN8O. The van der Waals surface area contributed by atoms with Crippen LogP contribution in [-0.4, -0.2) is 53.3 Å². The van der Waals surface area contributed by atoms with E-state index in [0.29, 0.717) is 36.3 Å². The number of rotatable bonds is 5. The SMILES string of the molecule is CC(C)n1cnnc1-c1cccc(N2CNC3CC(Cl)C(n4cnc(C5CC5)c4)CC3C2=O)n1. The standard InChI is InChI=1S/C24H29ClN8O/c1-14(2)32-13-28-30-23(32)18-4-3-5-22(29-18)33-12-27-19-9-17(25)21(8-16(19)24(33)34)31-10-20(26-11-31)15-6-7-15/h3-5,10-11,13-17,19,21,27H,6-9,12H2,1-2H3. The Bertz CT molecular complexity index is 1200. The van der Waals surface area contributed by atoms with E-state index in [2.05, 4.69) is 45.1 Å². The van der Waals surface area contributed by atoms with Crippen LogP contribution in [0.2, 0.25) is 0 Å². The van der Waals surface area contributed by atoms with Crippen molar-refractivity contribution in [2.45, 2.75) is 69.0 Å². The number of carbonyl (C=O) groups excluding carboxylic acids is 1. The van der Waals surface area contributed by atoms with E-state index in [0.717, 1.165) is 12.1 Å². The van der Waals surface area contributed by atoms with Gasteiger partial charge in [-0.15, -0.1) is 21.8 Å². The number of nitrogens with one attached hydrogen (secondary N) is 1. The van der Waals surface area contributed by atoms with Gasteiger partial charge in [0.15, 0.2) is 5.82 Å². The number of pyridine rings is 1. The Kier molecular flexibility index (Phi) is 5.41. The van der Waals surface area contributed by atoms with Gasteiger partial charge in [-0.2, -0.15) is 0 Å². The lowest BCUT2D eigenvalue weighted by molar-refractivity contribution is -0.126. The highest BCUT2D eigenvalue weighted by molar-refractivity contribution is 6.21. The molecule has 3 aliphatic rings. The predicted molar refractivity (Wildman–Crippen MR) is 129 cm³/mol. The molecule has 4 heterocycles. The molecule has 0 spiro atoms. The second-order valence-corrected chi connectivity index (χ2v) is 10.5. The Labute approximate surface area is 203 Å². The third-order valence-corrected chi connectivity index (χ3v) is 7.81. The molecule has 0 bridgehead atoms. The number of anilines is 1. The van der Waals surface area contributed by atoms with E-state index in [1.165, 1.54) is 12.8 Å². The van der Waals surface area contributed by atoms with E-state index >= 15 is 0 Å². The summed E-state index contributed by atoms with van der Waals surface area (Å²) >= 11 is 6.82. The predicted octanol–water partition coefficient (Wildman–Crippen LogP) is 3.52. The number of imidazole rings is 1. The minimum Gasteiger partial charge on any atom is -0.333 e. The number of alkyl halides is 1. The van der Waals surface area contributed by atoms with Crippen LogP contribution in [0, 0.1) is 5.92 Å². The number of nitrogens with zero attached hydrogens (tertiary/aromatic N) is 7. The number of hydrogen-bond acceptors (Lipinski definition) is 6. The number of hydrogen-bond donors (Lipinski definition) is 1. The average molecular weight is 481 g/mol. The van der Waals surface area contributed by atoms with Gasteiger partial charge in [0, 0.05) is 24.2 Å². The second-order valence-electron chi connectivity index (χ2n) is 9.95. The van der Waals surface area contributed by atoms with Crippen molar-refractivity contribution in [3.63, 3.8) is 0 Å². The quantitative estimate of drug-likeness (QED) is 0.561. The molecule has 3 aromatic heterocycles. The summed E-state index contributed by atoms with van der Waals surface area (Å²) in [5, 5.41) is 11.8. The summed E-state index contributed by atoms with van der Waals surface area (Å²) in [6.45, 7) is 4.57. The van der Waals surface area contributed by atoms with Gasteiger partial charge in [0.1, 0.15) is 17.8 Å². The number of aromatic nitrogens is 6. The number of amides is 1. The van der Waals surface area contributed by atoms with Crippen molar-refractivity contribution in [3.05, 3.63) is 42.7 Å². The number of halogens is 1. The first kappa shape index (κ1) is 21.7. The van der Waals surface area contributed by atoms with Gasteiger partial charge in [0.2, 0.25) is 5.91 Å². The van der Waals surface area contributed by atoms with Crippen LogP contribution < -0.4 is 10.2 Å². The van der Waals surface area contributed by atoms with Gasteiger partial charge in [0.05, 0.1) is 36.0 Å². The maximum Gasteiger partial charge on any atom is 0.234 e. The van der Waals surface area contributed by atoms with Crippen molar-refractivity contribution >= 4 is 23.3 Å². The zero-order valence-electron chi connectivity index (χ0n) is 19.4. The Morgan fingerprint density at radius 1 is 1.18 bits per heavy atom. The maximum absolute atomic E-state index is 13.7. The van der Waals surface area contributed by atoms with Crippen LogP contribution in [0.5, 0.6) is 0 Å². The van der Waals surface area contributed by atoms with Gasteiger partial charge >= 0.3 is 0 Å². The third kappa shape index (κ3) is 3.80. The molecule has 9 nitrogen and oxygen atoms in total. The summed E-state index contributed by atoms with van der Waals surface area (Å²) in [5.41, 5.74) is 1.85. The molecule has 1 aliphatic heterocycles. The molecule has 178 valence electrons. The lowest BCUT2D eigenvalue weighted by atomic mass is 9.79. The Hall–Kier alpha value is -2.78. The molecule has 1 N–H and O–H groups in total. The van der Waals surface area contributed by atoms with Crippen LogP contribution in [0.4, 0.5) is 5.82 Å². The van der Waals surface area contributed by atoms with Crippen molar-refractivity contribution < 1.29 is 4.79 Å². The Balaban J connectivity index is 1.24. The van der Waals surface area contributed by atoms with Crippen molar-refractivity contribution in [2.75, 3.05) is 11.6 Å². The molecule has 3 aromatic rings. The van der Waals surface area contributed by atoms with Crippen LogP contribution in [0.3, 0.4) is 0 Å². The molecular weight excluding hydrogens is 452 g/mol. The van der Waals surface area contributed by atoms with Gasteiger partial charge < -0.3 is 9.13 Å². The molecule has 0 radical (unpaired) electrons. The van der Waals surface area contributed by atoms with Crippen molar-refractivity contribution in [2.24, 2.45) is 5.92 Å². The van der Waals surface area contributed by atoms with E-state index in [1.54, 1.807) is 11.2 Å². The highest BCUT2D eigenvalue weighted by atomic mass is 35.5. The van der Waals surface area contributed by atoms with Crippen molar-refractivity contribution in [3.8, 4) is 11.5 Å². The first-order valence-corrected chi connectivity index (χ1v) is 12.5. The molecule has 4 unspecified atom stereocenters. The first-order valence-electron chi connectivity index (χ1n) is 12.1. The van der Waals surface area contributed by atoms with Gasteiger partial charge in [-0.05, 0) is 51.7 Å². The van der Waals surface area contributed by atoms with E-state index < -0.39 is 0 Å². The molecule has 4 atom stereocenters. The van der Waals surface area contributed by atoms with Crippen molar-refractivity contribution in [1.29, 1.82) is 0 Å². The summed E-state index contributed by atoms with van der Waals surface area (Å²) < 4.78 is 4.11. The molecule has 0 aromatic carbocycles. The van der Waals surface area contributed by atoms with Crippen LogP contribution in [0.25, 0.3) is 11.5 Å². The highest BCUT2D eigenvalue weighted by Gasteiger charge is 2.45. The normalized spacial score (nSPS) is 27.3. The molecule has 1 amide bonds.